The molecule has 33 heavy (non-hydrogen) atoms. The molecule has 1 saturated heterocycles. The third-order valence-corrected chi connectivity index (χ3v) is 7.20. The summed E-state index contributed by atoms with van der Waals surface area (Å²) in [6.45, 7) is 6.13. The molecule has 1 unspecified atom stereocenters. The molecule has 3 aromatic rings. The van der Waals surface area contributed by atoms with Crippen LogP contribution in [0.4, 0.5) is 0 Å². The van der Waals surface area contributed by atoms with Gasteiger partial charge < -0.3 is 14.1 Å². The zero-order valence-electron chi connectivity index (χ0n) is 18.3. The van der Waals surface area contributed by atoms with Gasteiger partial charge in [-0.1, -0.05) is 42.3 Å². The average Bonchev–Trinajstić information content (AvgIpc) is 3.12. The van der Waals surface area contributed by atoms with E-state index in [1.165, 1.54) is 0 Å². The topological polar surface area (TPSA) is 63.0 Å². The third kappa shape index (κ3) is 4.06. The van der Waals surface area contributed by atoms with Gasteiger partial charge in [-0.3, -0.25) is 14.5 Å². The van der Waals surface area contributed by atoms with Crippen molar-refractivity contribution in [2.24, 2.45) is 0 Å². The molecule has 1 amide bonds. The molecule has 2 aromatic carbocycles. The second-order valence-electron chi connectivity index (χ2n) is 8.39. The molecule has 8 heteroatoms. The fourth-order valence-electron chi connectivity index (χ4n) is 4.62. The number of carbonyl (C=O) groups is 1. The highest BCUT2D eigenvalue weighted by Crippen LogP contribution is 2.39. The van der Waals surface area contributed by atoms with E-state index in [9.17, 15) is 9.59 Å². The van der Waals surface area contributed by atoms with Crippen LogP contribution in [0.3, 0.4) is 0 Å². The van der Waals surface area contributed by atoms with E-state index in [4.69, 9.17) is 32.4 Å². The molecular formula is C25H24Cl2N2O4. The summed E-state index contributed by atoms with van der Waals surface area (Å²) in [6, 6.07) is 10.2. The van der Waals surface area contributed by atoms with Crippen molar-refractivity contribution in [3.8, 4) is 0 Å². The first-order chi connectivity index (χ1) is 16.0. The highest BCUT2D eigenvalue weighted by atomic mass is 35.5. The minimum absolute atomic E-state index is 0.106. The molecule has 1 fully saturated rings. The van der Waals surface area contributed by atoms with Crippen LogP contribution in [0.25, 0.3) is 11.0 Å². The van der Waals surface area contributed by atoms with Gasteiger partial charge in [0, 0.05) is 26.2 Å². The molecule has 6 nitrogen and oxygen atoms in total. The summed E-state index contributed by atoms with van der Waals surface area (Å²) in [6.07, 6.45) is 0.799. The van der Waals surface area contributed by atoms with E-state index < -0.39 is 6.04 Å². The standard InChI is InChI=1S/C25H24Cl2N2O4/c1-2-15-3-6-20-17(13-15)23(30)21-22(16-4-5-18(26)19(27)14-16)29(25(31)24(21)33-20)8-7-28-9-11-32-12-10-28/h3-6,13-14,22H,2,7-12H2,1H3. The SMILES string of the molecule is CCc1ccc2oc3c(c(=O)c2c1)C(c1ccc(Cl)c(Cl)c1)N(CCN1CCOCC1)C3=O. The average molecular weight is 487 g/mol. The van der Waals surface area contributed by atoms with Crippen molar-refractivity contribution in [3.05, 3.63) is 79.1 Å². The number of ether oxygens (including phenoxy) is 1. The number of fused-ring (bicyclic) bond motifs is 2. The van der Waals surface area contributed by atoms with Crippen molar-refractivity contribution in [2.45, 2.75) is 19.4 Å². The smallest absolute Gasteiger partial charge is 0.290 e. The fraction of sp³-hybridized carbons (Fsp3) is 0.360. The Bertz CT molecular complexity index is 1280. The first-order valence-corrected chi connectivity index (χ1v) is 11.9. The van der Waals surface area contributed by atoms with Crippen LogP contribution >= 0.6 is 23.2 Å². The van der Waals surface area contributed by atoms with Gasteiger partial charge in [-0.25, -0.2) is 0 Å². The van der Waals surface area contributed by atoms with Crippen molar-refractivity contribution < 1.29 is 13.9 Å². The highest BCUT2D eigenvalue weighted by molar-refractivity contribution is 6.42. The maximum Gasteiger partial charge on any atom is 0.290 e. The summed E-state index contributed by atoms with van der Waals surface area (Å²) in [5.41, 5.74) is 2.37. The molecule has 0 radical (unpaired) electrons. The van der Waals surface area contributed by atoms with Crippen LogP contribution in [0, 0.1) is 0 Å². The van der Waals surface area contributed by atoms with Crippen LogP contribution in [-0.4, -0.2) is 55.1 Å². The molecule has 172 valence electrons. The molecule has 0 spiro atoms. The van der Waals surface area contributed by atoms with E-state index in [2.05, 4.69) is 4.90 Å². The Morgan fingerprint density at radius 2 is 1.79 bits per heavy atom. The Labute approximate surface area is 201 Å². The quantitative estimate of drug-likeness (QED) is 0.529. The Kier molecular flexibility index (Phi) is 6.18. The Morgan fingerprint density at radius 1 is 1.00 bits per heavy atom. The molecule has 1 atom stereocenters. The van der Waals surface area contributed by atoms with Crippen molar-refractivity contribution in [1.29, 1.82) is 0 Å². The second kappa shape index (κ2) is 9.11. The lowest BCUT2D eigenvalue weighted by molar-refractivity contribution is 0.0314. The summed E-state index contributed by atoms with van der Waals surface area (Å²) in [5.74, 6) is -0.178. The van der Waals surface area contributed by atoms with Gasteiger partial charge in [-0.15, -0.1) is 0 Å². The normalized spacial score (nSPS) is 18.8. The third-order valence-electron chi connectivity index (χ3n) is 6.46. The molecule has 2 aliphatic rings. The van der Waals surface area contributed by atoms with E-state index in [0.717, 1.165) is 30.6 Å². The van der Waals surface area contributed by atoms with Crippen LogP contribution in [0.15, 0.2) is 45.6 Å². The van der Waals surface area contributed by atoms with Gasteiger partial charge in [0.15, 0.2) is 5.43 Å². The molecule has 5 rings (SSSR count). The van der Waals surface area contributed by atoms with Crippen LogP contribution in [0.5, 0.6) is 0 Å². The predicted molar refractivity (Wildman–Crippen MR) is 128 cm³/mol. The van der Waals surface area contributed by atoms with Gasteiger partial charge in [-0.2, -0.15) is 0 Å². The van der Waals surface area contributed by atoms with Crippen LogP contribution in [-0.2, 0) is 11.2 Å². The van der Waals surface area contributed by atoms with Crippen LogP contribution in [0.1, 0.15) is 40.2 Å². The number of benzene rings is 2. The number of nitrogens with zero attached hydrogens (tertiary/aromatic N) is 2. The number of morpholine rings is 1. The number of halogens is 2. The van der Waals surface area contributed by atoms with Crippen molar-refractivity contribution in [3.63, 3.8) is 0 Å². The van der Waals surface area contributed by atoms with E-state index in [-0.39, 0.29) is 17.1 Å². The Hall–Kier alpha value is -2.38. The summed E-state index contributed by atoms with van der Waals surface area (Å²) in [5, 5.41) is 1.28. The van der Waals surface area contributed by atoms with Crippen molar-refractivity contribution >= 4 is 40.1 Å². The minimum Gasteiger partial charge on any atom is -0.450 e. The summed E-state index contributed by atoms with van der Waals surface area (Å²) in [4.78, 5) is 31.2. The zero-order chi connectivity index (χ0) is 23.1. The molecule has 0 bridgehead atoms. The van der Waals surface area contributed by atoms with Gasteiger partial charge in [0.25, 0.3) is 5.91 Å². The summed E-state index contributed by atoms with van der Waals surface area (Å²) >= 11 is 12.5. The Morgan fingerprint density at radius 3 is 2.52 bits per heavy atom. The largest absolute Gasteiger partial charge is 0.450 e. The molecule has 1 aromatic heterocycles. The molecular weight excluding hydrogens is 463 g/mol. The van der Waals surface area contributed by atoms with Gasteiger partial charge in [0.2, 0.25) is 5.76 Å². The van der Waals surface area contributed by atoms with Gasteiger partial charge in [0.05, 0.1) is 40.3 Å². The fourth-order valence-corrected chi connectivity index (χ4v) is 4.93. The van der Waals surface area contributed by atoms with Crippen molar-refractivity contribution in [1.82, 2.24) is 9.80 Å². The number of aryl methyl sites for hydroxylation is 1. The van der Waals surface area contributed by atoms with Crippen molar-refractivity contribution in [2.75, 3.05) is 39.4 Å². The van der Waals surface area contributed by atoms with E-state index >= 15 is 0 Å². The van der Waals surface area contributed by atoms with E-state index in [0.29, 0.717) is 52.9 Å². The number of amides is 1. The highest BCUT2D eigenvalue weighted by Gasteiger charge is 2.42. The number of hydrogen-bond donors (Lipinski definition) is 0. The van der Waals surface area contributed by atoms with Gasteiger partial charge in [-0.05, 0) is 41.8 Å². The summed E-state index contributed by atoms with van der Waals surface area (Å²) < 4.78 is 11.5. The monoisotopic (exact) mass is 486 g/mol. The number of hydrogen-bond acceptors (Lipinski definition) is 5. The predicted octanol–water partition coefficient (Wildman–Crippen LogP) is 4.54. The number of carbonyl (C=O) groups excluding carboxylic acids is 1. The van der Waals surface area contributed by atoms with E-state index in [1.807, 2.05) is 25.1 Å². The zero-order valence-corrected chi connectivity index (χ0v) is 19.8. The molecule has 2 aliphatic heterocycles. The first kappa shape index (κ1) is 22.4. The lowest BCUT2D eigenvalue weighted by Gasteiger charge is -2.31. The van der Waals surface area contributed by atoms with Crippen LogP contribution in [0.2, 0.25) is 10.0 Å². The molecule has 0 N–H and O–H groups in total. The number of rotatable bonds is 5. The van der Waals surface area contributed by atoms with E-state index in [1.54, 1.807) is 23.1 Å². The lowest BCUT2D eigenvalue weighted by Crippen LogP contribution is -2.42. The van der Waals surface area contributed by atoms with Gasteiger partial charge in [0.1, 0.15) is 5.58 Å². The lowest BCUT2D eigenvalue weighted by atomic mass is 9.98. The maximum absolute atomic E-state index is 13.7. The second-order valence-corrected chi connectivity index (χ2v) is 9.20. The molecule has 0 aliphatic carbocycles. The first-order valence-electron chi connectivity index (χ1n) is 11.1. The van der Waals surface area contributed by atoms with Gasteiger partial charge >= 0.3 is 0 Å². The van der Waals surface area contributed by atoms with Crippen LogP contribution < -0.4 is 5.43 Å². The summed E-state index contributed by atoms with van der Waals surface area (Å²) in [7, 11) is 0. The molecule has 0 saturated carbocycles. The Balaban J connectivity index is 1.62. The minimum atomic E-state index is -0.589. The maximum atomic E-state index is 13.7. The molecule has 3 heterocycles.